The summed E-state index contributed by atoms with van der Waals surface area (Å²) in [5.74, 6) is -0.373. The van der Waals surface area contributed by atoms with E-state index in [0.717, 1.165) is 30.3 Å². The van der Waals surface area contributed by atoms with Gasteiger partial charge in [-0.05, 0) is 54.7 Å². The number of hydrogen-bond donors (Lipinski definition) is 2. The Hall–Kier alpha value is -3.73. The highest BCUT2D eigenvalue weighted by Crippen LogP contribution is 2.51. The number of aryl methyl sites for hydroxylation is 1. The molecule has 5 aromatic rings. The zero-order valence-corrected chi connectivity index (χ0v) is 23.4. The molecule has 1 atom stereocenters. The van der Waals surface area contributed by atoms with Crippen molar-refractivity contribution in [2.45, 2.75) is 31.3 Å². The highest BCUT2D eigenvalue weighted by molar-refractivity contribution is 7.31. The molecule has 0 bridgehead atoms. The van der Waals surface area contributed by atoms with Crippen molar-refractivity contribution in [3.63, 3.8) is 0 Å². The lowest BCUT2D eigenvalue weighted by molar-refractivity contribution is -0.140. The van der Waals surface area contributed by atoms with Gasteiger partial charge in [0.25, 0.3) is 0 Å². The average Bonchev–Trinajstić information content (AvgIpc) is 3.31. The Morgan fingerprint density at radius 1 is 1.08 bits per heavy atom. The van der Waals surface area contributed by atoms with Crippen molar-refractivity contribution in [1.29, 1.82) is 0 Å². The molecule has 6 rings (SSSR count). The van der Waals surface area contributed by atoms with E-state index in [9.17, 15) is 14.7 Å². The van der Waals surface area contributed by atoms with E-state index in [1.54, 1.807) is 29.7 Å². The van der Waals surface area contributed by atoms with Gasteiger partial charge in [0, 0.05) is 26.3 Å². The van der Waals surface area contributed by atoms with Crippen LogP contribution in [0, 0.1) is 0 Å². The molecule has 198 valence electrons. The molecule has 2 aromatic carbocycles. The molecule has 0 aliphatic heterocycles. The van der Waals surface area contributed by atoms with E-state index in [-0.39, 0.29) is 0 Å². The van der Waals surface area contributed by atoms with Crippen molar-refractivity contribution in [3.05, 3.63) is 76.8 Å². The van der Waals surface area contributed by atoms with E-state index in [1.807, 2.05) is 61.5 Å². The number of aliphatic carboxylic acids is 1. The van der Waals surface area contributed by atoms with E-state index in [0.29, 0.717) is 34.9 Å². The zero-order chi connectivity index (χ0) is 27.3. The highest BCUT2D eigenvalue weighted by Gasteiger charge is 2.52. The number of rotatable bonds is 7. The minimum Gasteiger partial charge on any atom is -0.481 e. The number of carboxylic acids is 1. The van der Waals surface area contributed by atoms with Crippen LogP contribution in [0.5, 0.6) is 0 Å². The summed E-state index contributed by atoms with van der Waals surface area (Å²) in [7, 11) is 1.71. The van der Waals surface area contributed by atoms with Crippen LogP contribution < -0.4 is 5.32 Å². The van der Waals surface area contributed by atoms with Gasteiger partial charge in [0.15, 0.2) is 5.82 Å². The van der Waals surface area contributed by atoms with Gasteiger partial charge in [0.2, 0.25) is 0 Å². The third-order valence-corrected chi connectivity index (χ3v) is 9.63. The molecule has 1 saturated carbocycles. The Bertz CT molecular complexity index is 1690. The smallest absolute Gasteiger partial charge is 0.413 e. The minimum absolute atomic E-state index is 0.414. The lowest BCUT2D eigenvalue weighted by Crippen LogP contribution is -2.19. The molecule has 1 amide bonds. The van der Waals surface area contributed by atoms with E-state index in [1.165, 1.54) is 4.68 Å². The maximum Gasteiger partial charge on any atom is 0.413 e. The van der Waals surface area contributed by atoms with Gasteiger partial charge in [0.05, 0.1) is 10.3 Å². The van der Waals surface area contributed by atoms with Crippen LogP contribution in [0.25, 0.3) is 30.4 Å². The van der Waals surface area contributed by atoms with Gasteiger partial charge in [-0.2, -0.15) is 0 Å². The molecule has 39 heavy (non-hydrogen) atoms. The van der Waals surface area contributed by atoms with Gasteiger partial charge in [0.1, 0.15) is 11.8 Å². The first-order valence-corrected chi connectivity index (χ1v) is 14.3. The van der Waals surface area contributed by atoms with Crippen LogP contribution >= 0.6 is 34.3 Å². The van der Waals surface area contributed by atoms with Gasteiger partial charge in [-0.1, -0.05) is 59.3 Å². The maximum atomic E-state index is 12.7. The zero-order valence-electron chi connectivity index (χ0n) is 21.0. The number of anilines is 1. The molecule has 0 spiro atoms. The van der Waals surface area contributed by atoms with E-state index >= 15 is 0 Å². The second-order valence-electron chi connectivity index (χ2n) is 9.53. The van der Waals surface area contributed by atoms with Crippen molar-refractivity contribution in [2.24, 2.45) is 7.05 Å². The molecule has 11 heteroatoms. The summed E-state index contributed by atoms with van der Waals surface area (Å²) >= 11 is 9.69. The van der Waals surface area contributed by atoms with Crippen LogP contribution in [-0.4, -0.2) is 32.2 Å². The van der Waals surface area contributed by atoms with E-state index < -0.39 is 23.6 Å². The molecule has 1 aliphatic rings. The normalized spacial score (nSPS) is 14.7. The maximum absolute atomic E-state index is 12.7. The number of carbonyl (C=O) groups is 2. The first kappa shape index (κ1) is 25.5. The van der Waals surface area contributed by atoms with Crippen molar-refractivity contribution < 1.29 is 19.4 Å². The summed E-state index contributed by atoms with van der Waals surface area (Å²) in [4.78, 5) is 26.3. The van der Waals surface area contributed by atoms with Crippen molar-refractivity contribution >= 4 is 61.6 Å². The number of fused-ring (bicyclic) bond motifs is 1. The van der Waals surface area contributed by atoms with E-state index in [4.69, 9.17) is 16.3 Å². The molecule has 0 radical (unpaired) electrons. The van der Waals surface area contributed by atoms with Crippen LogP contribution in [0.2, 0.25) is 5.02 Å². The quantitative estimate of drug-likeness (QED) is 0.207. The largest absolute Gasteiger partial charge is 0.481 e. The molecule has 3 aromatic heterocycles. The number of amides is 1. The number of benzene rings is 2. The second-order valence-corrected chi connectivity index (χ2v) is 12.1. The number of hydrogen-bond acceptors (Lipinski definition) is 7. The monoisotopic (exact) mass is 578 g/mol. The molecule has 0 saturated heterocycles. The predicted octanol–water partition coefficient (Wildman–Crippen LogP) is 7.50. The number of nitrogens with zero attached hydrogens (tertiary/aromatic N) is 3. The Morgan fingerprint density at radius 3 is 2.44 bits per heavy atom. The Labute approximate surface area is 236 Å². The third-order valence-electron chi connectivity index (χ3n) is 6.97. The van der Waals surface area contributed by atoms with Crippen LogP contribution in [0.15, 0.2) is 60.7 Å². The Morgan fingerprint density at radius 2 is 1.77 bits per heavy atom. The van der Waals surface area contributed by atoms with Crippen LogP contribution in [0.1, 0.15) is 37.0 Å². The lowest BCUT2D eigenvalue weighted by Gasteiger charge is -2.14. The number of carboxylic acid groups (broad SMARTS) is 1. The fourth-order valence-corrected chi connectivity index (χ4v) is 7.36. The average molecular weight is 579 g/mol. The molecule has 0 unspecified atom stereocenters. The van der Waals surface area contributed by atoms with Crippen LogP contribution in [-0.2, 0) is 22.0 Å². The predicted molar refractivity (Wildman–Crippen MR) is 154 cm³/mol. The summed E-state index contributed by atoms with van der Waals surface area (Å²) in [5, 5.41) is 21.3. The summed E-state index contributed by atoms with van der Waals surface area (Å²) < 4.78 is 9.20. The van der Waals surface area contributed by atoms with Gasteiger partial charge < -0.3 is 9.84 Å². The molecule has 1 fully saturated rings. The minimum atomic E-state index is -0.839. The Balaban J connectivity index is 1.22. The number of ether oxygens (including phenoxy) is 1. The second kappa shape index (κ2) is 9.78. The van der Waals surface area contributed by atoms with Gasteiger partial charge in [-0.15, -0.1) is 27.8 Å². The fourth-order valence-electron chi connectivity index (χ4n) is 4.62. The topological polar surface area (TPSA) is 106 Å². The van der Waals surface area contributed by atoms with Gasteiger partial charge in [-0.3, -0.25) is 10.1 Å². The van der Waals surface area contributed by atoms with Crippen LogP contribution in [0.3, 0.4) is 0 Å². The molecule has 8 nitrogen and oxygen atoms in total. The summed E-state index contributed by atoms with van der Waals surface area (Å²) in [6.07, 6.45) is 0.224. The number of thiophene rings is 2. The van der Waals surface area contributed by atoms with Crippen molar-refractivity contribution in [1.82, 2.24) is 15.0 Å². The lowest BCUT2D eigenvalue weighted by atomic mass is 9.95. The number of carbonyl (C=O) groups excluding carboxylic acids is 1. The molecule has 2 N–H and O–H groups in total. The summed E-state index contributed by atoms with van der Waals surface area (Å²) in [6, 6.07) is 19.3. The summed E-state index contributed by atoms with van der Waals surface area (Å²) in [6.45, 7) is 1.82. The fraction of sp³-hybridized carbons (Fsp3) is 0.214. The standard InChI is InChI=1S/C28H23ClN4O4S2/c1-15(16-6-4-3-5-7-16)37-27(36)30-25-24(31-32-33(25)2)23-14-22-21(39-23)13-20(38-22)17-8-9-18(19(29)12-17)28(10-11-28)26(34)35/h3-9,12-15H,10-11H2,1-2H3,(H,30,36)(H,34,35)/t15-/m1/s1. The molecule has 3 heterocycles. The number of aromatic nitrogens is 3. The summed E-state index contributed by atoms with van der Waals surface area (Å²) in [5.41, 5.74) is 2.25. The molecule has 1 aliphatic carbocycles. The number of nitrogens with one attached hydrogen (secondary N) is 1. The molecular formula is C28H23ClN4O4S2. The van der Waals surface area contributed by atoms with E-state index in [2.05, 4.69) is 21.7 Å². The van der Waals surface area contributed by atoms with Crippen molar-refractivity contribution in [2.75, 3.05) is 5.32 Å². The first-order valence-electron chi connectivity index (χ1n) is 12.2. The van der Waals surface area contributed by atoms with Crippen molar-refractivity contribution in [3.8, 4) is 21.0 Å². The molecular weight excluding hydrogens is 556 g/mol. The first-order chi connectivity index (χ1) is 18.7. The van der Waals surface area contributed by atoms with Gasteiger partial charge in [-0.25, -0.2) is 9.48 Å². The highest BCUT2D eigenvalue weighted by atomic mass is 35.5. The SMILES string of the molecule is C[C@@H](OC(=O)Nc1c(-c2cc3sc(-c4ccc(C5(C(=O)O)CC5)c(Cl)c4)cc3s2)nnn1C)c1ccccc1. The van der Waals surface area contributed by atoms with Gasteiger partial charge >= 0.3 is 12.1 Å². The third kappa shape index (κ3) is 4.69. The van der Waals surface area contributed by atoms with Crippen LogP contribution in [0.4, 0.5) is 10.6 Å². The number of halogens is 1. The Kier molecular flexibility index (Phi) is 6.41.